The zero-order valence-corrected chi connectivity index (χ0v) is 5.54. The van der Waals surface area contributed by atoms with E-state index in [4.69, 9.17) is 0 Å². The van der Waals surface area contributed by atoms with Crippen LogP contribution < -0.4 is 0 Å². The molecule has 0 spiro atoms. The van der Waals surface area contributed by atoms with E-state index >= 15 is 0 Å². The lowest BCUT2D eigenvalue weighted by molar-refractivity contribution is 0.0914. The van der Waals surface area contributed by atoms with Gasteiger partial charge in [0.2, 0.25) is 0 Å². The summed E-state index contributed by atoms with van der Waals surface area (Å²) in [5.41, 5.74) is 0. The fourth-order valence-electron chi connectivity index (χ4n) is 0.640. The number of halogens is 2. The maximum atomic E-state index is 11.9. The van der Waals surface area contributed by atoms with Crippen LogP contribution in [-0.4, -0.2) is 16.0 Å². The summed E-state index contributed by atoms with van der Waals surface area (Å²) in [6, 6.07) is -0.775. The van der Waals surface area contributed by atoms with Gasteiger partial charge in [0.25, 0.3) is 6.43 Å². The maximum Gasteiger partial charge on any atom is 0.258 e. The van der Waals surface area contributed by atoms with Gasteiger partial charge < -0.3 is 4.57 Å². The highest BCUT2D eigenvalue weighted by molar-refractivity contribution is 4.79. The third-order valence-electron chi connectivity index (χ3n) is 1.36. The minimum atomic E-state index is -2.32. The van der Waals surface area contributed by atoms with Crippen molar-refractivity contribution < 1.29 is 8.78 Å². The van der Waals surface area contributed by atoms with E-state index < -0.39 is 12.5 Å². The molecule has 0 aromatic carbocycles. The molecule has 1 unspecified atom stereocenters. The van der Waals surface area contributed by atoms with E-state index in [2.05, 4.69) is 4.98 Å². The Morgan fingerprint density at radius 2 is 2.20 bits per heavy atom. The normalized spacial score (nSPS) is 14.0. The van der Waals surface area contributed by atoms with Crippen LogP contribution in [0.25, 0.3) is 0 Å². The van der Waals surface area contributed by atoms with Gasteiger partial charge in [-0.1, -0.05) is 0 Å². The largest absolute Gasteiger partial charge is 0.329 e. The number of imidazole rings is 1. The van der Waals surface area contributed by atoms with Crippen molar-refractivity contribution >= 4 is 0 Å². The van der Waals surface area contributed by atoms with Crippen LogP contribution in [0.1, 0.15) is 13.0 Å². The zero-order chi connectivity index (χ0) is 7.56. The predicted molar refractivity (Wildman–Crippen MR) is 32.9 cm³/mol. The van der Waals surface area contributed by atoms with Crippen molar-refractivity contribution in [1.82, 2.24) is 9.55 Å². The zero-order valence-electron chi connectivity index (χ0n) is 5.54. The van der Waals surface area contributed by atoms with Gasteiger partial charge in [0, 0.05) is 12.4 Å². The number of hydrogen-bond donors (Lipinski definition) is 0. The molecule has 10 heavy (non-hydrogen) atoms. The number of hydrogen-bond acceptors (Lipinski definition) is 1. The molecule has 2 nitrogen and oxygen atoms in total. The van der Waals surface area contributed by atoms with Gasteiger partial charge in [-0.3, -0.25) is 0 Å². The van der Waals surface area contributed by atoms with Crippen molar-refractivity contribution in [3.63, 3.8) is 0 Å². The van der Waals surface area contributed by atoms with Crippen LogP contribution in [-0.2, 0) is 0 Å². The first-order chi connectivity index (χ1) is 4.72. The highest BCUT2D eigenvalue weighted by atomic mass is 19.3. The summed E-state index contributed by atoms with van der Waals surface area (Å²) in [7, 11) is 0. The van der Waals surface area contributed by atoms with E-state index in [0.717, 1.165) is 0 Å². The molecule has 4 heteroatoms. The van der Waals surface area contributed by atoms with Crippen molar-refractivity contribution in [2.75, 3.05) is 0 Å². The fraction of sp³-hybridized carbons (Fsp3) is 0.500. The van der Waals surface area contributed by atoms with Crippen LogP contribution in [0.4, 0.5) is 8.78 Å². The lowest BCUT2D eigenvalue weighted by Crippen LogP contribution is -2.11. The van der Waals surface area contributed by atoms with Crippen LogP contribution in [0.15, 0.2) is 18.7 Å². The van der Waals surface area contributed by atoms with E-state index in [0.29, 0.717) is 0 Å². The molecule has 1 rings (SSSR count). The van der Waals surface area contributed by atoms with E-state index in [-0.39, 0.29) is 0 Å². The quantitative estimate of drug-likeness (QED) is 0.621. The van der Waals surface area contributed by atoms with Crippen LogP contribution >= 0.6 is 0 Å². The lowest BCUT2D eigenvalue weighted by atomic mass is 10.3. The van der Waals surface area contributed by atoms with Crippen molar-refractivity contribution in [1.29, 1.82) is 0 Å². The number of rotatable bonds is 2. The maximum absolute atomic E-state index is 11.9. The SMILES string of the molecule is CC(C(F)F)n1ccnc1. The van der Waals surface area contributed by atoms with Crippen molar-refractivity contribution in [2.24, 2.45) is 0 Å². The van der Waals surface area contributed by atoms with Gasteiger partial charge in [-0.15, -0.1) is 0 Å². The molecule has 0 saturated carbocycles. The van der Waals surface area contributed by atoms with Crippen LogP contribution in [0.3, 0.4) is 0 Å². The topological polar surface area (TPSA) is 17.8 Å². The highest BCUT2D eigenvalue weighted by Gasteiger charge is 2.14. The molecule has 56 valence electrons. The Labute approximate surface area is 57.5 Å². The van der Waals surface area contributed by atoms with Gasteiger partial charge in [-0.2, -0.15) is 0 Å². The average Bonchev–Trinajstić information content (AvgIpc) is 2.36. The van der Waals surface area contributed by atoms with Crippen molar-refractivity contribution in [2.45, 2.75) is 19.4 Å². The predicted octanol–water partition coefficient (Wildman–Crippen LogP) is 1.71. The average molecular weight is 146 g/mol. The Bertz CT molecular complexity index is 184. The first kappa shape index (κ1) is 7.18. The smallest absolute Gasteiger partial charge is 0.258 e. The summed E-state index contributed by atoms with van der Waals surface area (Å²) in [6.07, 6.45) is 2.07. The van der Waals surface area contributed by atoms with Crippen molar-refractivity contribution in [3.8, 4) is 0 Å². The fourth-order valence-corrected chi connectivity index (χ4v) is 0.640. The van der Waals surface area contributed by atoms with Crippen LogP contribution in [0, 0.1) is 0 Å². The monoisotopic (exact) mass is 146 g/mol. The van der Waals surface area contributed by atoms with Gasteiger partial charge in [-0.25, -0.2) is 13.8 Å². The first-order valence-electron chi connectivity index (χ1n) is 2.97. The van der Waals surface area contributed by atoms with E-state index in [9.17, 15) is 8.78 Å². The highest BCUT2D eigenvalue weighted by Crippen LogP contribution is 2.13. The van der Waals surface area contributed by atoms with E-state index in [1.165, 1.54) is 30.2 Å². The molecule has 0 saturated heterocycles. The Kier molecular flexibility index (Phi) is 1.99. The third-order valence-corrected chi connectivity index (χ3v) is 1.36. The Morgan fingerprint density at radius 1 is 1.50 bits per heavy atom. The summed E-state index contributed by atoms with van der Waals surface area (Å²) >= 11 is 0. The van der Waals surface area contributed by atoms with Gasteiger partial charge in [0.1, 0.15) is 0 Å². The Morgan fingerprint density at radius 3 is 2.60 bits per heavy atom. The third kappa shape index (κ3) is 1.32. The lowest BCUT2D eigenvalue weighted by Gasteiger charge is -2.10. The van der Waals surface area contributed by atoms with Crippen LogP contribution in [0.2, 0.25) is 0 Å². The molecular weight excluding hydrogens is 138 g/mol. The van der Waals surface area contributed by atoms with Crippen molar-refractivity contribution in [3.05, 3.63) is 18.7 Å². The van der Waals surface area contributed by atoms with Gasteiger partial charge in [0.15, 0.2) is 0 Å². The molecule has 1 aromatic rings. The summed E-state index contributed by atoms with van der Waals surface area (Å²) in [5.74, 6) is 0. The summed E-state index contributed by atoms with van der Waals surface area (Å²) in [4.78, 5) is 3.66. The number of alkyl halides is 2. The summed E-state index contributed by atoms with van der Waals surface area (Å²) in [6.45, 7) is 1.45. The van der Waals surface area contributed by atoms with Gasteiger partial charge in [0.05, 0.1) is 12.4 Å². The standard InChI is InChI=1S/C6H8F2N2/c1-5(6(7)8)10-3-2-9-4-10/h2-6H,1H3. The molecule has 1 heterocycles. The second-order valence-electron chi connectivity index (χ2n) is 2.08. The number of nitrogens with zero attached hydrogens (tertiary/aromatic N) is 2. The first-order valence-corrected chi connectivity index (χ1v) is 2.97. The molecule has 0 aliphatic carbocycles. The van der Waals surface area contributed by atoms with Gasteiger partial charge in [-0.05, 0) is 6.92 Å². The minimum absolute atomic E-state index is 0.775. The molecule has 0 bridgehead atoms. The molecule has 1 atom stereocenters. The molecule has 0 N–H and O–H groups in total. The Hall–Kier alpha value is -0.930. The molecule has 0 aliphatic heterocycles. The molecule has 0 amide bonds. The Balaban J connectivity index is 2.68. The van der Waals surface area contributed by atoms with E-state index in [1.807, 2.05) is 0 Å². The van der Waals surface area contributed by atoms with E-state index in [1.54, 1.807) is 0 Å². The molecule has 0 fully saturated rings. The molecule has 0 aliphatic rings. The van der Waals surface area contributed by atoms with Crippen LogP contribution in [0.5, 0.6) is 0 Å². The molecule has 0 radical (unpaired) electrons. The number of aromatic nitrogens is 2. The summed E-state index contributed by atoms with van der Waals surface area (Å²) < 4.78 is 25.3. The van der Waals surface area contributed by atoms with Gasteiger partial charge >= 0.3 is 0 Å². The second kappa shape index (κ2) is 2.77. The molecular formula is C6H8F2N2. The minimum Gasteiger partial charge on any atom is -0.329 e. The second-order valence-corrected chi connectivity index (χ2v) is 2.08. The molecule has 1 aromatic heterocycles. The summed E-state index contributed by atoms with van der Waals surface area (Å²) in [5, 5.41) is 0.